The Hall–Kier alpha value is -3.54. The Kier molecular flexibility index (Phi) is 11.8. The topological polar surface area (TPSA) is 216 Å². The van der Waals surface area contributed by atoms with Gasteiger partial charge >= 0.3 is 5.97 Å². The van der Waals surface area contributed by atoms with E-state index in [1.54, 1.807) is 12.1 Å². The zero-order valence-electron chi connectivity index (χ0n) is 28.1. The molecule has 2 heterocycles. The van der Waals surface area contributed by atoms with Gasteiger partial charge in [0.15, 0.2) is 5.71 Å². The molecular formula is C34H43N2O11S3+. The number of hydrogen-bond donors (Lipinski definition) is 4. The first-order valence-electron chi connectivity index (χ1n) is 16.1. The molecule has 16 heteroatoms. The quantitative estimate of drug-likeness (QED) is 0.0655. The predicted molar refractivity (Wildman–Crippen MR) is 189 cm³/mol. The molecule has 2 aromatic carbocycles. The molecule has 0 saturated heterocycles. The van der Waals surface area contributed by atoms with Crippen molar-refractivity contribution in [1.29, 1.82) is 0 Å². The number of carboxylic acid groups (broad SMARTS) is 1. The standard InChI is InChI=1S/C34H42N2O11S3/c1-33(2)27-23-25(50(45,46)47)16-18-29(27)36(20-10-11-21-48(39,40)41)31(33)13-7-4-6-12-30-34(3,19-9-5-8-14-32(37)38)26-22-24(49(42,43)44)15-17-28(26)35-30/h4,6-7,13,15-18,22-23H,5,8-12,14,19-21H2,1-3H3,(H3-,37,38,39,40,41,42,43,44,45,46,47)/p+1. The van der Waals surface area contributed by atoms with Crippen LogP contribution in [0.3, 0.4) is 0 Å². The Bertz CT molecular complexity index is 2120. The Morgan fingerprint density at radius 3 is 2.08 bits per heavy atom. The molecule has 0 radical (unpaired) electrons. The zero-order valence-corrected chi connectivity index (χ0v) is 30.6. The van der Waals surface area contributed by atoms with Gasteiger partial charge in [-0.2, -0.15) is 29.8 Å². The monoisotopic (exact) mass is 751 g/mol. The Morgan fingerprint density at radius 1 is 0.820 bits per heavy atom. The van der Waals surface area contributed by atoms with Gasteiger partial charge in [0.25, 0.3) is 30.4 Å². The number of fused-ring (bicyclic) bond motifs is 2. The maximum Gasteiger partial charge on any atom is 0.303 e. The predicted octanol–water partition coefficient (Wildman–Crippen LogP) is 5.81. The number of carboxylic acids is 1. The molecule has 50 heavy (non-hydrogen) atoms. The molecule has 0 saturated carbocycles. The molecule has 1 unspecified atom stereocenters. The molecule has 0 aromatic heterocycles. The molecule has 2 aromatic rings. The lowest BCUT2D eigenvalue weighted by Gasteiger charge is -2.28. The minimum atomic E-state index is -4.46. The van der Waals surface area contributed by atoms with Crippen LogP contribution in [0.25, 0.3) is 0 Å². The third kappa shape index (κ3) is 9.22. The second-order valence-corrected chi connectivity index (χ2v) is 17.7. The molecule has 2 aliphatic rings. The van der Waals surface area contributed by atoms with Gasteiger partial charge in [-0.25, -0.2) is 0 Å². The van der Waals surface area contributed by atoms with Crippen molar-refractivity contribution >= 4 is 59.1 Å². The molecule has 4 rings (SSSR count). The van der Waals surface area contributed by atoms with Crippen molar-refractivity contribution < 1.29 is 53.4 Å². The summed E-state index contributed by atoms with van der Waals surface area (Å²) in [7, 11) is -13.0. The Balaban J connectivity index is 1.59. The van der Waals surface area contributed by atoms with E-state index in [2.05, 4.69) is 0 Å². The van der Waals surface area contributed by atoms with Gasteiger partial charge in [-0.1, -0.05) is 38.0 Å². The van der Waals surface area contributed by atoms with Crippen LogP contribution in [0, 0.1) is 0 Å². The third-order valence-electron chi connectivity index (χ3n) is 9.33. The highest BCUT2D eigenvalue weighted by atomic mass is 32.2. The van der Waals surface area contributed by atoms with Crippen LogP contribution in [-0.2, 0) is 46.0 Å². The highest BCUT2D eigenvalue weighted by Crippen LogP contribution is 2.46. The van der Waals surface area contributed by atoms with Gasteiger partial charge in [0.05, 0.1) is 26.6 Å². The third-order valence-corrected chi connectivity index (χ3v) is 11.8. The fraction of sp³-hybridized carbons (Fsp3) is 0.441. The lowest BCUT2D eigenvalue weighted by molar-refractivity contribution is -0.438. The number of aliphatic carboxylic acids is 1. The minimum absolute atomic E-state index is 0.0564. The SMILES string of the molecule is CC1(C)C(C=CC=CCC2=Nc3ccc(S(=O)(=O)O)cc3C2(C)CCCCCC(=O)O)=[N+](CCCCS(=O)(=O)O)c2ccc(S(=O)(=O)O)cc21. The second kappa shape index (κ2) is 15.0. The van der Waals surface area contributed by atoms with E-state index in [-0.39, 0.29) is 22.6 Å². The molecule has 2 aliphatic heterocycles. The Labute approximate surface area is 293 Å². The van der Waals surface area contributed by atoms with Crippen molar-refractivity contribution in [2.75, 3.05) is 12.3 Å². The van der Waals surface area contributed by atoms with Crippen LogP contribution < -0.4 is 0 Å². The van der Waals surface area contributed by atoms with Crippen LogP contribution in [0.4, 0.5) is 11.4 Å². The highest BCUT2D eigenvalue weighted by molar-refractivity contribution is 7.86. The van der Waals surface area contributed by atoms with E-state index in [9.17, 15) is 39.2 Å². The summed E-state index contributed by atoms with van der Waals surface area (Å²) in [4.78, 5) is 15.3. The number of hydrogen-bond acceptors (Lipinski definition) is 8. The van der Waals surface area contributed by atoms with Gasteiger partial charge in [0, 0.05) is 48.1 Å². The van der Waals surface area contributed by atoms with E-state index in [0.29, 0.717) is 67.6 Å². The van der Waals surface area contributed by atoms with Gasteiger partial charge in [0.1, 0.15) is 6.54 Å². The first kappa shape index (κ1) is 39.2. The number of nitrogens with zero attached hydrogens (tertiary/aromatic N) is 2. The second-order valence-electron chi connectivity index (χ2n) is 13.3. The summed E-state index contributed by atoms with van der Waals surface area (Å²) in [6, 6.07) is 8.65. The molecule has 0 fully saturated rings. The summed E-state index contributed by atoms with van der Waals surface area (Å²) >= 11 is 0. The molecule has 0 bridgehead atoms. The fourth-order valence-electron chi connectivity index (χ4n) is 6.64. The average Bonchev–Trinajstić information content (AvgIpc) is 3.39. The van der Waals surface area contributed by atoms with Gasteiger partial charge in [0.2, 0.25) is 5.69 Å². The van der Waals surface area contributed by atoms with Crippen molar-refractivity contribution in [3.63, 3.8) is 0 Å². The number of benzene rings is 2. The molecule has 0 amide bonds. The molecule has 0 spiro atoms. The molecule has 4 N–H and O–H groups in total. The van der Waals surface area contributed by atoms with Crippen molar-refractivity contribution in [1.82, 2.24) is 0 Å². The van der Waals surface area contributed by atoms with Crippen LogP contribution in [0.2, 0.25) is 0 Å². The smallest absolute Gasteiger partial charge is 0.303 e. The van der Waals surface area contributed by atoms with E-state index in [4.69, 9.17) is 14.7 Å². The fourth-order valence-corrected chi connectivity index (χ4v) is 8.22. The molecule has 13 nitrogen and oxygen atoms in total. The number of unbranched alkanes of at least 4 members (excludes halogenated alkanes) is 3. The normalized spacial score (nSPS) is 19.0. The number of allylic oxidation sites excluding steroid dienone is 4. The summed E-state index contributed by atoms with van der Waals surface area (Å²) in [5.74, 6) is -1.26. The first-order valence-corrected chi connectivity index (χ1v) is 20.6. The number of carbonyl (C=O) groups is 1. The number of aliphatic imine (C=N–C) groups is 1. The van der Waals surface area contributed by atoms with E-state index in [1.807, 2.05) is 49.7 Å². The first-order chi connectivity index (χ1) is 23.1. The van der Waals surface area contributed by atoms with Crippen LogP contribution in [-0.4, -0.2) is 78.3 Å². The van der Waals surface area contributed by atoms with E-state index < -0.39 is 52.9 Å². The van der Waals surface area contributed by atoms with Crippen LogP contribution >= 0.6 is 0 Å². The summed E-state index contributed by atoms with van der Waals surface area (Å²) in [5, 5.41) is 8.99. The van der Waals surface area contributed by atoms with Crippen LogP contribution in [0.1, 0.15) is 83.3 Å². The van der Waals surface area contributed by atoms with E-state index >= 15 is 0 Å². The van der Waals surface area contributed by atoms with Gasteiger partial charge in [-0.05, 0) is 69.0 Å². The largest absolute Gasteiger partial charge is 0.481 e. The van der Waals surface area contributed by atoms with Gasteiger partial charge in [-0.3, -0.25) is 23.4 Å². The molecule has 0 aliphatic carbocycles. The molecule has 1 atom stereocenters. The minimum Gasteiger partial charge on any atom is -0.481 e. The zero-order chi connectivity index (χ0) is 37.1. The lowest BCUT2D eigenvalue weighted by Crippen LogP contribution is -2.29. The van der Waals surface area contributed by atoms with E-state index in [1.165, 1.54) is 24.3 Å². The van der Waals surface area contributed by atoms with Gasteiger partial charge < -0.3 is 5.11 Å². The summed E-state index contributed by atoms with van der Waals surface area (Å²) < 4.78 is 101. The summed E-state index contributed by atoms with van der Waals surface area (Å²) in [6.45, 7) is 6.16. The highest BCUT2D eigenvalue weighted by Gasteiger charge is 2.45. The van der Waals surface area contributed by atoms with Crippen molar-refractivity contribution in [3.8, 4) is 0 Å². The van der Waals surface area contributed by atoms with Crippen LogP contribution in [0.15, 0.2) is 75.5 Å². The average molecular weight is 752 g/mol. The summed E-state index contributed by atoms with van der Waals surface area (Å²) in [5.41, 5.74) is 2.84. The van der Waals surface area contributed by atoms with Gasteiger partial charge in [-0.15, -0.1) is 0 Å². The van der Waals surface area contributed by atoms with Crippen molar-refractivity contribution in [2.45, 2.75) is 92.8 Å². The number of rotatable bonds is 17. The maximum atomic E-state index is 11.9. The van der Waals surface area contributed by atoms with Crippen molar-refractivity contribution in [2.24, 2.45) is 4.99 Å². The maximum absolute atomic E-state index is 11.9. The van der Waals surface area contributed by atoms with Crippen molar-refractivity contribution in [3.05, 3.63) is 71.8 Å². The van der Waals surface area contributed by atoms with Crippen LogP contribution in [0.5, 0.6) is 0 Å². The Morgan fingerprint density at radius 2 is 1.46 bits per heavy atom. The molecular weight excluding hydrogens is 709 g/mol. The van der Waals surface area contributed by atoms with E-state index in [0.717, 1.165) is 11.4 Å². The molecule has 272 valence electrons. The lowest BCUT2D eigenvalue weighted by atomic mass is 9.74. The summed E-state index contributed by atoms with van der Waals surface area (Å²) in [6.07, 6.45) is 10.9.